The number of nitrogens with zero attached hydrogens (tertiary/aromatic N) is 1. The van der Waals surface area contributed by atoms with Gasteiger partial charge in [0.15, 0.2) is 5.13 Å². The van der Waals surface area contributed by atoms with Crippen molar-refractivity contribution in [2.45, 2.75) is 30.7 Å². The standard InChI is InChI=1S/C14H14BrN3O3S2/c1-8-7-22-14(16-8)17-13(19)11-6-10(4-5-12(11)15)23(20,21)18-9-2-3-9/h4-7,9,18H,2-3H2,1H3,(H,16,17,19). The number of anilines is 1. The van der Waals surface area contributed by atoms with Crippen LogP contribution in [0, 0.1) is 6.92 Å². The average Bonchev–Trinajstić information content (AvgIpc) is 3.19. The zero-order chi connectivity index (χ0) is 16.6. The van der Waals surface area contributed by atoms with E-state index in [0.717, 1.165) is 18.5 Å². The fourth-order valence-corrected chi connectivity index (χ4v) is 4.35. The van der Waals surface area contributed by atoms with Crippen molar-refractivity contribution < 1.29 is 13.2 Å². The molecule has 2 aromatic rings. The predicted octanol–water partition coefficient (Wildman–Crippen LogP) is 2.91. The van der Waals surface area contributed by atoms with Gasteiger partial charge in [0.1, 0.15) is 0 Å². The van der Waals surface area contributed by atoms with Crippen molar-refractivity contribution in [3.05, 3.63) is 39.3 Å². The minimum absolute atomic E-state index is 0.0132. The van der Waals surface area contributed by atoms with Crippen LogP contribution in [0.25, 0.3) is 0 Å². The first kappa shape index (κ1) is 16.6. The fourth-order valence-electron chi connectivity index (χ4n) is 1.91. The molecule has 1 saturated carbocycles. The SMILES string of the molecule is Cc1csc(NC(=O)c2cc(S(=O)(=O)NC3CC3)ccc2Br)n1. The van der Waals surface area contributed by atoms with Crippen LogP contribution in [-0.4, -0.2) is 25.4 Å². The van der Waals surface area contributed by atoms with Crippen LogP contribution < -0.4 is 10.0 Å². The third-order valence-corrected chi connectivity index (χ3v) is 6.32. The Balaban J connectivity index is 1.86. The lowest BCUT2D eigenvalue weighted by Gasteiger charge is -2.09. The average molecular weight is 416 g/mol. The first-order valence-corrected chi connectivity index (χ1v) is 10.1. The molecule has 0 aliphatic heterocycles. The van der Waals surface area contributed by atoms with Gasteiger partial charge in [0.05, 0.1) is 16.2 Å². The van der Waals surface area contributed by atoms with Crippen LogP contribution in [0.4, 0.5) is 5.13 Å². The number of hydrogen-bond acceptors (Lipinski definition) is 5. The molecule has 1 fully saturated rings. The van der Waals surface area contributed by atoms with Gasteiger partial charge in [-0.05, 0) is 53.9 Å². The van der Waals surface area contributed by atoms with E-state index in [-0.39, 0.29) is 16.5 Å². The third-order valence-electron chi connectivity index (χ3n) is 3.23. The number of carbonyl (C=O) groups excluding carboxylic acids is 1. The highest BCUT2D eigenvalue weighted by molar-refractivity contribution is 9.10. The summed E-state index contributed by atoms with van der Waals surface area (Å²) in [5, 5.41) is 4.98. The Bertz CT molecular complexity index is 860. The van der Waals surface area contributed by atoms with Crippen LogP contribution in [0.2, 0.25) is 0 Å². The van der Waals surface area contributed by atoms with Gasteiger partial charge in [-0.2, -0.15) is 0 Å². The Labute approximate surface area is 146 Å². The van der Waals surface area contributed by atoms with E-state index >= 15 is 0 Å². The first-order valence-electron chi connectivity index (χ1n) is 6.90. The van der Waals surface area contributed by atoms with Gasteiger partial charge in [0.25, 0.3) is 5.91 Å². The van der Waals surface area contributed by atoms with E-state index in [1.54, 1.807) is 6.07 Å². The molecule has 0 saturated heterocycles. The van der Waals surface area contributed by atoms with Gasteiger partial charge in [-0.15, -0.1) is 11.3 Å². The van der Waals surface area contributed by atoms with E-state index in [4.69, 9.17) is 0 Å². The number of thiazole rings is 1. The summed E-state index contributed by atoms with van der Waals surface area (Å²) in [7, 11) is -3.60. The Morgan fingerprint density at radius 3 is 2.74 bits per heavy atom. The van der Waals surface area contributed by atoms with E-state index in [1.165, 1.54) is 23.5 Å². The zero-order valence-corrected chi connectivity index (χ0v) is 15.4. The highest BCUT2D eigenvalue weighted by Gasteiger charge is 2.28. The van der Waals surface area contributed by atoms with Crippen LogP contribution >= 0.6 is 27.3 Å². The second kappa shape index (κ2) is 6.31. The maximum atomic E-state index is 12.4. The maximum absolute atomic E-state index is 12.4. The highest BCUT2D eigenvalue weighted by Crippen LogP contribution is 2.26. The minimum Gasteiger partial charge on any atom is -0.298 e. The Kier molecular flexibility index (Phi) is 4.54. The number of halogens is 1. The number of aromatic nitrogens is 1. The number of carbonyl (C=O) groups is 1. The molecular weight excluding hydrogens is 402 g/mol. The molecule has 23 heavy (non-hydrogen) atoms. The van der Waals surface area contributed by atoms with E-state index in [0.29, 0.717) is 9.60 Å². The molecule has 122 valence electrons. The topological polar surface area (TPSA) is 88.2 Å². The predicted molar refractivity (Wildman–Crippen MR) is 92.3 cm³/mol. The van der Waals surface area contributed by atoms with E-state index in [9.17, 15) is 13.2 Å². The van der Waals surface area contributed by atoms with Gasteiger partial charge < -0.3 is 0 Å². The van der Waals surface area contributed by atoms with Gasteiger partial charge in [0.2, 0.25) is 10.0 Å². The number of hydrogen-bond donors (Lipinski definition) is 2. The summed E-state index contributed by atoms with van der Waals surface area (Å²) < 4.78 is 27.6. The molecule has 0 atom stereocenters. The van der Waals surface area contributed by atoms with E-state index < -0.39 is 15.9 Å². The van der Waals surface area contributed by atoms with Gasteiger partial charge in [-0.3, -0.25) is 10.1 Å². The quantitative estimate of drug-likeness (QED) is 0.785. The van der Waals surface area contributed by atoms with Crippen LogP contribution in [0.15, 0.2) is 32.9 Å². The smallest absolute Gasteiger partial charge is 0.258 e. The van der Waals surface area contributed by atoms with Crippen molar-refractivity contribution in [3.8, 4) is 0 Å². The van der Waals surface area contributed by atoms with Crippen LogP contribution in [-0.2, 0) is 10.0 Å². The van der Waals surface area contributed by atoms with Crippen LogP contribution in [0.1, 0.15) is 28.9 Å². The number of sulfonamides is 1. The molecule has 2 N–H and O–H groups in total. The lowest BCUT2D eigenvalue weighted by atomic mass is 10.2. The minimum atomic E-state index is -3.60. The molecule has 1 aromatic heterocycles. The molecule has 1 aromatic carbocycles. The lowest BCUT2D eigenvalue weighted by molar-refractivity contribution is 0.102. The number of nitrogens with one attached hydrogen (secondary N) is 2. The number of rotatable bonds is 5. The number of benzene rings is 1. The van der Waals surface area contributed by atoms with Gasteiger partial charge in [0, 0.05) is 15.9 Å². The number of aryl methyl sites for hydroxylation is 1. The number of amides is 1. The normalized spacial score (nSPS) is 14.7. The molecule has 0 bridgehead atoms. The molecule has 0 spiro atoms. The lowest BCUT2D eigenvalue weighted by Crippen LogP contribution is -2.26. The Morgan fingerprint density at radius 2 is 2.13 bits per heavy atom. The highest BCUT2D eigenvalue weighted by atomic mass is 79.9. The molecule has 9 heteroatoms. The Hall–Kier alpha value is -1.29. The van der Waals surface area contributed by atoms with Crippen molar-refractivity contribution in [2.75, 3.05) is 5.32 Å². The molecule has 1 aliphatic carbocycles. The van der Waals surface area contributed by atoms with Crippen molar-refractivity contribution >= 4 is 48.3 Å². The molecule has 6 nitrogen and oxygen atoms in total. The largest absolute Gasteiger partial charge is 0.298 e. The van der Waals surface area contributed by atoms with Crippen LogP contribution in [0.3, 0.4) is 0 Å². The Morgan fingerprint density at radius 1 is 1.39 bits per heavy atom. The summed E-state index contributed by atoms with van der Waals surface area (Å²) in [6.45, 7) is 1.83. The molecular formula is C14H14BrN3O3S2. The van der Waals surface area contributed by atoms with Gasteiger partial charge >= 0.3 is 0 Å². The first-order chi connectivity index (χ1) is 10.8. The summed E-state index contributed by atoms with van der Waals surface area (Å²) in [6.07, 6.45) is 1.71. The van der Waals surface area contributed by atoms with E-state index in [2.05, 4.69) is 31.0 Å². The summed E-state index contributed by atoms with van der Waals surface area (Å²) in [6, 6.07) is 4.41. The molecule has 1 aliphatic rings. The zero-order valence-electron chi connectivity index (χ0n) is 12.2. The van der Waals surface area contributed by atoms with Crippen LogP contribution in [0.5, 0.6) is 0 Å². The molecule has 3 rings (SSSR count). The maximum Gasteiger partial charge on any atom is 0.258 e. The summed E-state index contributed by atoms with van der Waals surface area (Å²) in [4.78, 5) is 16.6. The summed E-state index contributed by atoms with van der Waals surface area (Å²) in [5.41, 5.74) is 1.06. The molecule has 0 radical (unpaired) electrons. The molecule has 1 heterocycles. The van der Waals surface area contributed by atoms with Crippen molar-refractivity contribution in [3.63, 3.8) is 0 Å². The van der Waals surface area contributed by atoms with Crippen molar-refractivity contribution in [1.29, 1.82) is 0 Å². The van der Waals surface area contributed by atoms with Gasteiger partial charge in [-0.1, -0.05) is 0 Å². The second-order valence-corrected chi connectivity index (χ2v) is 8.71. The molecule has 0 unspecified atom stereocenters. The summed E-state index contributed by atoms with van der Waals surface area (Å²) >= 11 is 4.60. The third kappa shape index (κ3) is 3.97. The van der Waals surface area contributed by atoms with Crippen molar-refractivity contribution in [1.82, 2.24) is 9.71 Å². The fraction of sp³-hybridized carbons (Fsp3) is 0.286. The van der Waals surface area contributed by atoms with Gasteiger partial charge in [-0.25, -0.2) is 18.1 Å². The summed E-state index contributed by atoms with van der Waals surface area (Å²) in [5.74, 6) is -0.408. The van der Waals surface area contributed by atoms with E-state index in [1.807, 2.05) is 12.3 Å². The monoisotopic (exact) mass is 415 g/mol. The van der Waals surface area contributed by atoms with Crippen molar-refractivity contribution in [2.24, 2.45) is 0 Å². The molecule has 1 amide bonds. The second-order valence-electron chi connectivity index (χ2n) is 5.29.